The molecule has 0 aromatic heterocycles. The molecule has 0 spiro atoms. The van der Waals surface area contributed by atoms with Crippen LogP contribution >= 0.6 is 11.6 Å². The summed E-state index contributed by atoms with van der Waals surface area (Å²) >= 11 is 5.99. The lowest BCUT2D eigenvalue weighted by Gasteiger charge is -2.26. The molecule has 1 atom stereocenters. The van der Waals surface area contributed by atoms with Crippen molar-refractivity contribution in [2.75, 3.05) is 18.5 Å². The molecule has 0 bridgehead atoms. The van der Waals surface area contributed by atoms with Crippen molar-refractivity contribution < 1.29 is 4.74 Å². The number of benzene rings is 2. The Labute approximate surface area is 118 Å². The summed E-state index contributed by atoms with van der Waals surface area (Å²) in [5.41, 5.74) is 2.36. The van der Waals surface area contributed by atoms with Gasteiger partial charge >= 0.3 is 0 Å². The lowest BCUT2D eigenvalue weighted by molar-refractivity contribution is 0.270. The maximum atomic E-state index is 5.99. The van der Waals surface area contributed by atoms with E-state index in [9.17, 15) is 0 Å². The lowest BCUT2D eigenvalue weighted by atomic mass is 9.93. The minimum absolute atomic E-state index is 0.490. The number of nitrogens with one attached hydrogen (secondary N) is 1. The summed E-state index contributed by atoms with van der Waals surface area (Å²) in [5.74, 6) is 1.51. The summed E-state index contributed by atoms with van der Waals surface area (Å²) in [7, 11) is 0. The number of fused-ring (bicyclic) bond motifs is 1. The predicted molar refractivity (Wildman–Crippen MR) is 79.2 cm³/mol. The lowest BCUT2D eigenvalue weighted by Crippen LogP contribution is -2.20. The molecular formula is C16H16ClNO. The van der Waals surface area contributed by atoms with E-state index in [1.54, 1.807) is 0 Å². The van der Waals surface area contributed by atoms with Crippen LogP contribution < -0.4 is 10.1 Å². The van der Waals surface area contributed by atoms with Gasteiger partial charge in [0.1, 0.15) is 5.75 Å². The number of halogens is 1. The quantitative estimate of drug-likeness (QED) is 0.899. The molecule has 1 N–H and O–H groups in total. The van der Waals surface area contributed by atoms with Crippen LogP contribution in [0.25, 0.3) is 0 Å². The van der Waals surface area contributed by atoms with Crippen molar-refractivity contribution in [2.45, 2.75) is 12.3 Å². The summed E-state index contributed by atoms with van der Waals surface area (Å²) in [6.45, 7) is 1.69. The zero-order valence-corrected chi connectivity index (χ0v) is 11.4. The standard InChI is InChI=1S/C16H16ClNO/c17-13-4-3-5-14(10-13)18-11-12-8-9-19-16-7-2-1-6-15(12)16/h1-7,10,12,18H,8-9,11H2. The number of para-hydroxylation sites is 1. The Morgan fingerprint density at radius 1 is 1.16 bits per heavy atom. The van der Waals surface area contributed by atoms with Gasteiger partial charge in [-0.25, -0.2) is 0 Å². The molecule has 0 aliphatic carbocycles. The van der Waals surface area contributed by atoms with Crippen LogP contribution in [0.1, 0.15) is 17.9 Å². The number of ether oxygens (including phenoxy) is 1. The topological polar surface area (TPSA) is 21.3 Å². The second-order valence-corrected chi connectivity index (χ2v) is 5.20. The SMILES string of the molecule is Clc1cccc(NCC2CCOc3ccccc32)c1. The molecule has 1 unspecified atom stereocenters. The molecule has 98 valence electrons. The van der Waals surface area contributed by atoms with E-state index in [4.69, 9.17) is 16.3 Å². The summed E-state index contributed by atoms with van der Waals surface area (Å²) in [5, 5.41) is 4.22. The van der Waals surface area contributed by atoms with Crippen molar-refractivity contribution in [1.82, 2.24) is 0 Å². The van der Waals surface area contributed by atoms with Crippen LogP contribution in [0.15, 0.2) is 48.5 Å². The van der Waals surface area contributed by atoms with Crippen LogP contribution in [0.3, 0.4) is 0 Å². The van der Waals surface area contributed by atoms with E-state index in [0.29, 0.717) is 5.92 Å². The van der Waals surface area contributed by atoms with Crippen molar-refractivity contribution >= 4 is 17.3 Å². The average Bonchev–Trinajstić information content (AvgIpc) is 2.45. The molecule has 2 aromatic carbocycles. The number of hydrogen-bond donors (Lipinski definition) is 1. The Morgan fingerprint density at radius 2 is 2.05 bits per heavy atom. The van der Waals surface area contributed by atoms with E-state index >= 15 is 0 Å². The largest absolute Gasteiger partial charge is 0.493 e. The Hall–Kier alpha value is -1.67. The molecule has 0 amide bonds. The second kappa shape index (κ2) is 5.54. The maximum absolute atomic E-state index is 5.99. The van der Waals surface area contributed by atoms with Gasteiger partial charge in [-0.2, -0.15) is 0 Å². The minimum atomic E-state index is 0.490. The Balaban J connectivity index is 1.71. The fourth-order valence-corrected chi connectivity index (χ4v) is 2.66. The van der Waals surface area contributed by atoms with Gasteiger partial charge in [-0.15, -0.1) is 0 Å². The molecular weight excluding hydrogens is 258 g/mol. The summed E-state index contributed by atoms with van der Waals surface area (Å²) in [4.78, 5) is 0. The highest BCUT2D eigenvalue weighted by Gasteiger charge is 2.20. The first-order valence-electron chi connectivity index (χ1n) is 6.54. The van der Waals surface area contributed by atoms with Crippen molar-refractivity contribution in [3.8, 4) is 5.75 Å². The fraction of sp³-hybridized carbons (Fsp3) is 0.250. The molecule has 1 heterocycles. The van der Waals surface area contributed by atoms with E-state index in [1.807, 2.05) is 36.4 Å². The first-order valence-corrected chi connectivity index (χ1v) is 6.92. The van der Waals surface area contributed by atoms with Gasteiger partial charge in [0.25, 0.3) is 0 Å². The third-order valence-electron chi connectivity index (χ3n) is 3.46. The van der Waals surface area contributed by atoms with Gasteiger partial charge in [-0.1, -0.05) is 35.9 Å². The van der Waals surface area contributed by atoms with E-state index in [2.05, 4.69) is 17.4 Å². The Bertz CT molecular complexity index is 570. The normalized spacial score (nSPS) is 17.4. The molecule has 2 aromatic rings. The summed E-state index contributed by atoms with van der Waals surface area (Å²) in [6, 6.07) is 16.1. The van der Waals surface area contributed by atoms with Gasteiger partial charge < -0.3 is 10.1 Å². The third kappa shape index (κ3) is 2.85. The molecule has 0 fully saturated rings. The summed E-state index contributed by atoms with van der Waals surface area (Å²) in [6.07, 6.45) is 1.05. The minimum Gasteiger partial charge on any atom is -0.493 e. The third-order valence-corrected chi connectivity index (χ3v) is 3.70. The predicted octanol–water partition coefficient (Wildman–Crippen LogP) is 4.32. The molecule has 3 heteroatoms. The molecule has 0 saturated heterocycles. The van der Waals surface area contributed by atoms with E-state index in [1.165, 1.54) is 5.56 Å². The molecule has 19 heavy (non-hydrogen) atoms. The maximum Gasteiger partial charge on any atom is 0.122 e. The Morgan fingerprint density at radius 3 is 2.95 bits per heavy atom. The van der Waals surface area contributed by atoms with Gasteiger partial charge in [-0.3, -0.25) is 0 Å². The molecule has 0 radical (unpaired) electrons. The molecule has 3 rings (SSSR count). The van der Waals surface area contributed by atoms with Gasteiger partial charge in [0.15, 0.2) is 0 Å². The Kier molecular flexibility index (Phi) is 3.60. The van der Waals surface area contributed by atoms with Crippen LogP contribution in [0.4, 0.5) is 5.69 Å². The molecule has 1 aliphatic rings. The first-order chi connectivity index (χ1) is 9.33. The fourth-order valence-electron chi connectivity index (χ4n) is 2.47. The number of hydrogen-bond acceptors (Lipinski definition) is 2. The van der Waals surface area contributed by atoms with Crippen molar-refractivity contribution in [1.29, 1.82) is 0 Å². The van der Waals surface area contributed by atoms with Gasteiger partial charge in [-0.05, 0) is 36.2 Å². The van der Waals surface area contributed by atoms with Crippen LogP contribution in [-0.4, -0.2) is 13.2 Å². The highest BCUT2D eigenvalue weighted by atomic mass is 35.5. The van der Waals surface area contributed by atoms with Gasteiger partial charge in [0, 0.05) is 23.2 Å². The zero-order chi connectivity index (χ0) is 13.1. The van der Waals surface area contributed by atoms with Crippen LogP contribution in [0.2, 0.25) is 5.02 Å². The molecule has 1 aliphatic heterocycles. The van der Waals surface area contributed by atoms with E-state index < -0.39 is 0 Å². The molecule has 2 nitrogen and oxygen atoms in total. The zero-order valence-electron chi connectivity index (χ0n) is 10.6. The van der Waals surface area contributed by atoms with Gasteiger partial charge in [0.2, 0.25) is 0 Å². The summed E-state index contributed by atoms with van der Waals surface area (Å²) < 4.78 is 5.68. The number of anilines is 1. The molecule has 0 saturated carbocycles. The monoisotopic (exact) mass is 273 g/mol. The number of rotatable bonds is 3. The van der Waals surface area contributed by atoms with Crippen LogP contribution in [-0.2, 0) is 0 Å². The van der Waals surface area contributed by atoms with Crippen molar-refractivity contribution in [2.24, 2.45) is 0 Å². The average molecular weight is 274 g/mol. The first kappa shape index (κ1) is 12.4. The van der Waals surface area contributed by atoms with Crippen molar-refractivity contribution in [3.63, 3.8) is 0 Å². The van der Waals surface area contributed by atoms with E-state index in [0.717, 1.165) is 36.0 Å². The van der Waals surface area contributed by atoms with Crippen LogP contribution in [0.5, 0.6) is 5.75 Å². The second-order valence-electron chi connectivity index (χ2n) is 4.76. The smallest absolute Gasteiger partial charge is 0.122 e. The van der Waals surface area contributed by atoms with E-state index in [-0.39, 0.29) is 0 Å². The highest BCUT2D eigenvalue weighted by molar-refractivity contribution is 6.30. The highest BCUT2D eigenvalue weighted by Crippen LogP contribution is 2.33. The van der Waals surface area contributed by atoms with Crippen molar-refractivity contribution in [3.05, 3.63) is 59.1 Å². The van der Waals surface area contributed by atoms with Gasteiger partial charge in [0.05, 0.1) is 6.61 Å². The van der Waals surface area contributed by atoms with Crippen LogP contribution in [0, 0.1) is 0 Å².